The summed E-state index contributed by atoms with van der Waals surface area (Å²) in [7, 11) is 1.59. The fraction of sp³-hybridized carbons (Fsp3) is 0.600. The number of hydrogen-bond donors (Lipinski definition) is 0. The van der Waals surface area contributed by atoms with Crippen LogP contribution in [0.4, 0.5) is 0 Å². The van der Waals surface area contributed by atoms with Gasteiger partial charge in [-0.2, -0.15) is 5.10 Å². The van der Waals surface area contributed by atoms with Gasteiger partial charge in [-0.25, -0.2) is 4.68 Å². The van der Waals surface area contributed by atoms with Crippen molar-refractivity contribution in [2.45, 2.75) is 29.6 Å². The Bertz CT molecular complexity index is 449. The summed E-state index contributed by atoms with van der Waals surface area (Å²) >= 11 is 7.57. The third kappa shape index (κ3) is 2.26. The molecule has 0 N–H and O–H groups in total. The number of rotatable bonds is 2. The Kier molecular flexibility index (Phi) is 3.56. The van der Waals surface area contributed by atoms with Gasteiger partial charge < -0.3 is 4.74 Å². The zero-order chi connectivity index (χ0) is 11.7. The van der Waals surface area contributed by atoms with Crippen molar-refractivity contribution in [1.29, 1.82) is 0 Å². The first-order chi connectivity index (χ1) is 7.59. The summed E-state index contributed by atoms with van der Waals surface area (Å²) < 4.78 is 6.70. The molecule has 1 aromatic heterocycles. The Labute approximate surface area is 103 Å². The first-order valence-corrected chi connectivity index (χ1v) is 6.35. The molecule has 16 heavy (non-hydrogen) atoms. The fourth-order valence-electron chi connectivity index (χ4n) is 1.61. The third-order valence-corrected chi connectivity index (χ3v) is 4.59. The van der Waals surface area contributed by atoms with Crippen LogP contribution in [-0.4, -0.2) is 27.7 Å². The average molecular weight is 261 g/mol. The van der Waals surface area contributed by atoms with Crippen LogP contribution in [0.3, 0.4) is 0 Å². The summed E-state index contributed by atoms with van der Waals surface area (Å²) in [6.45, 7) is 2.81. The quantitative estimate of drug-likeness (QED) is 0.812. The van der Waals surface area contributed by atoms with Gasteiger partial charge in [0, 0.05) is 18.9 Å². The van der Waals surface area contributed by atoms with E-state index in [0.717, 1.165) is 17.9 Å². The molecule has 0 amide bonds. The highest BCUT2D eigenvalue weighted by Gasteiger charge is 2.26. The van der Waals surface area contributed by atoms with E-state index in [1.807, 2.05) is 6.92 Å². The molecule has 2 atom stereocenters. The number of halogens is 1. The van der Waals surface area contributed by atoms with Crippen molar-refractivity contribution < 1.29 is 4.74 Å². The van der Waals surface area contributed by atoms with Crippen molar-refractivity contribution in [2.24, 2.45) is 7.05 Å². The molecule has 1 aromatic rings. The molecule has 2 rings (SSSR count). The summed E-state index contributed by atoms with van der Waals surface area (Å²) in [6.07, 6.45) is 2.82. The molecule has 0 aliphatic carbocycles. The topological polar surface area (TPSA) is 44.1 Å². The lowest BCUT2D eigenvalue weighted by molar-refractivity contribution is 0.127. The summed E-state index contributed by atoms with van der Waals surface area (Å²) in [6, 6.07) is 0. The molecule has 0 saturated carbocycles. The predicted octanol–water partition coefficient (Wildman–Crippen LogP) is 1.70. The van der Waals surface area contributed by atoms with E-state index in [2.05, 4.69) is 5.10 Å². The molecular weight excluding hydrogens is 248 g/mol. The Balaban J connectivity index is 2.22. The summed E-state index contributed by atoms with van der Waals surface area (Å²) in [5.74, 6) is 0. The van der Waals surface area contributed by atoms with Crippen LogP contribution in [0.2, 0.25) is 5.02 Å². The Hall–Kier alpha value is -0.520. The second-order valence-electron chi connectivity index (χ2n) is 3.77. The molecule has 2 unspecified atom stereocenters. The Morgan fingerprint density at radius 3 is 3.06 bits per heavy atom. The molecule has 1 fully saturated rings. The van der Waals surface area contributed by atoms with Crippen LogP contribution in [0.5, 0.6) is 0 Å². The first-order valence-electron chi connectivity index (χ1n) is 5.09. The minimum atomic E-state index is -0.252. The van der Waals surface area contributed by atoms with E-state index in [4.69, 9.17) is 16.3 Å². The van der Waals surface area contributed by atoms with Gasteiger partial charge in [0.2, 0.25) is 0 Å². The van der Waals surface area contributed by atoms with Crippen molar-refractivity contribution in [3.63, 3.8) is 0 Å². The molecule has 1 aliphatic heterocycles. The smallest absolute Gasteiger partial charge is 0.286 e. The van der Waals surface area contributed by atoms with E-state index < -0.39 is 0 Å². The van der Waals surface area contributed by atoms with Crippen molar-refractivity contribution in [3.05, 3.63) is 21.6 Å². The lowest BCUT2D eigenvalue weighted by Crippen LogP contribution is -2.21. The van der Waals surface area contributed by atoms with Gasteiger partial charge in [-0.05, 0) is 13.3 Å². The number of aryl methyl sites for hydroxylation is 1. The van der Waals surface area contributed by atoms with Crippen LogP contribution >= 0.6 is 23.4 Å². The molecule has 1 saturated heterocycles. The zero-order valence-corrected chi connectivity index (χ0v) is 10.7. The van der Waals surface area contributed by atoms with Crippen molar-refractivity contribution in [3.8, 4) is 0 Å². The van der Waals surface area contributed by atoms with Crippen LogP contribution < -0.4 is 5.56 Å². The predicted molar refractivity (Wildman–Crippen MR) is 64.2 cm³/mol. The standard InChI is InChI=1S/C10H13ClN2O2S/c1-6-7(3-4-15-6)16-8-5-12-13(2)10(14)9(8)11/h5-7H,3-4H2,1-2H3. The van der Waals surface area contributed by atoms with E-state index in [-0.39, 0.29) is 16.7 Å². The number of thioether (sulfide) groups is 1. The molecule has 88 valence electrons. The molecule has 1 aliphatic rings. The van der Waals surface area contributed by atoms with Crippen LogP contribution in [0, 0.1) is 0 Å². The maximum atomic E-state index is 11.6. The van der Waals surface area contributed by atoms with Crippen LogP contribution in [0.25, 0.3) is 0 Å². The van der Waals surface area contributed by atoms with Gasteiger partial charge in [0.1, 0.15) is 5.02 Å². The minimum Gasteiger partial charge on any atom is -0.377 e. The lowest BCUT2D eigenvalue weighted by atomic mass is 10.3. The highest BCUT2D eigenvalue weighted by molar-refractivity contribution is 8.00. The first kappa shape index (κ1) is 12.0. The van der Waals surface area contributed by atoms with Gasteiger partial charge in [-0.1, -0.05) is 11.6 Å². The second-order valence-corrected chi connectivity index (χ2v) is 5.43. The largest absolute Gasteiger partial charge is 0.377 e. The van der Waals surface area contributed by atoms with Gasteiger partial charge in [0.05, 0.1) is 17.2 Å². The molecular formula is C10H13ClN2O2S. The maximum Gasteiger partial charge on any atom is 0.286 e. The molecule has 0 radical (unpaired) electrons. The Morgan fingerprint density at radius 1 is 1.69 bits per heavy atom. The normalized spacial score (nSPS) is 24.9. The highest BCUT2D eigenvalue weighted by atomic mass is 35.5. The van der Waals surface area contributed by atoms with E-state index in [1.54, 1.807) is 25.0 Å². The van der Waals surface area contributed by atoms with Gasteiger partial charge in [-0.3, -0.25) is 4.79 Å². The molecule has 4 nitrogen and oxygen atoms in total. The van der Waals surface area contributed by atoms with Gasteiger partial charge >= 0.3 is 0 Å². The third-order valence-electron chi connectivity index (χ3n) is 2.63. The summed E-state index contributed by atoms with van der Waals surface area (Å²) in [5.41, 5.74) is -0.252. The highest BCUT2D eigenvalue weighted by Crippen LogP contribution is 2.34. The van der Waals surface area contributed by atoms with Crippen LogP contribution in [0.15, 0.2) is 15.9 Å². The summed E-state index contributed by atoms with van der Waals surface area (Å²) in [5, 5.41) is 4.57. The van der Waals surface area contributed by atoms with Crippen molar-refractivity contribution in [1.82, 2.24) is 9.78 Å². The van der Waals surface area contributed by atoms with Crippen LogP contribution in [-0.2, 0) is 11.8 Å². The molecule has 6 heteroatoms. The van der Waals surface area contributed by atoms with Gasteiger partial charge in [-0.15, -0.1) is 11.8 Å². The van der Waals surface area contributed by atoms with E-state index in [9.17, 15) is 4.79 Å². The Morgan fingerprint density at radius 2 is 2.44 bits per heavy atom. The van der Waals surface area contributed by atoms with E-state index in [0.29, 0.717) is 5.25 Å². The number of ether oxygens (including phenoxy) is 1. The second kappa shape index (κ2) is 4.77. The number of aromatic nitrogens is 2. The van der Waals surface area contributed by atoms with Crippen molar-refractivity contribution in [2.75, 3.05) is 6.61 Å². The monoisotopic (exact) mass is 260 g/mol. The molecule has 0 spiro atoms. The lowest BCUT2D eigenvalue weighted by Gasteiger charge is -2.13. The van der Waals surface area contributed by atoms with E-state index in [1.165, 1.54) is 4.68 Å². The van der Waals surface area contributed by atoms with E-state index >= 15 is 0 Å². The number of hydrogen-bond acceptors (Lipinski definition) is 4. The molecule has 0 aromatic carbocycles. The van der Waals surface area contributed by atoms with Gasteiger partial charge in [0.25, 0.3) is 5.56 Å². The fourth-order valence-corrected chi connectivity index (χ4v) is 3.02. The van der Waals surface area contributed by atoms with Crippen LogP contribution in [0.1, 0.15) is 13.3 Å². The average Bonchev–Trinajstić information content (AvgIpc) is 2.65. The molecule has 2 heterocycles. The SMILES string of the molecule is CC1OCCC1Sc1cnn(C)c(=O)c1Cl. The molecule has 0 bridgehead atoms. The van der Waals surface area contributed by atoms with Crippen molar-refractivity contribution >= 4 is 23.4 Å². The zero-order valence-electron chi connectivity index (χ0n) is 9.14. The van der Waals surface area contributed by atoms with Gasteiger partial charge in [0.15, 0.2) is 0 Å². The summed E-state index contributed by atoms with van der Waals surface area (Å²) in [4.78, 5) is 12.3. The minimum absolute atomic E-state index is 0.199. The number of nitrogens with zero attached hydrogens (tertiary/aromatic N) is 2. The maximum absolute atomic E-state index is 11.6.